The molecule has 0 fully saturated rings. The fourth-order valence-electron chi connectivity index (χ4n) is 4.01. The molecule has 182 valence electrons. The van der Waals surface area contributed by atoms with Crippen molar-refractivity contribution in [2.45, 2.75) is 25.7 Å². The minimum Gasteiger partial charge on any atom is -0.486 e. The third-order valence-corrected chi connectivity index (χ3v) is 5.99. The Morgan fingerprint density at radius 2 is 1.77 bits per heavy atom. The van der Waals surface area contributed by atoms with E-state index in [1.165, 1.54) is 5.56 Å². The van der Waals surface area contributed by atoms with Gasteiger partial charge in [0.2, 0.25) is 5.95 Å². The number of hydrogen-bond acceptors (Lipinski definition) is 6. The van der Waals surface area contributed by atoms with Crippen molar-refractivity contribution in [3.05, 3.63) is 70.9 Å². The van der Waals surface area contributed by atoms with Gasteiger partial charge in [-0.15, -0.1) is 0 Å². The van der Waals surface area contributed by atoms with Crippen LogP contribution < -0.4 is 25.0 Å². The molecule has 7 nitrogen and oxygen atoms in total. The lowest BCUT2D eigenvalue weighted by atomic mass is 10.00. The molecule has 1 aromatic heterocycles. The second-order valence-electron chi connectivity index (χ2n) is 8.16. The Morgan fingerprint density at radius 3 is 2.57 bits per heavy atom. The number of rotatable bonds is 4. The van der Waals surface area contributed by atoms with E-state index in [1.807, 2.05) is 41.3 Å². The van der Waals surface area contributed by atoms with E-state index < -0.39 is 11.9 Å². The number of hydrogen-bond donors (Lipinski definition) is 2. The number of halogens is 3. The third-order valence-electron chi connectivity index (χ3n) is 5.74. The Kier molecular flexibility index (Phi) is 6.33. The summed E-state index contributed by atoms with van der Waals surface area (Å²) in [4.78, 5) is 9.81. The highest BCUT2D eigenvalue weighted by molar-refractivity contribution is 7.80. The first-order chi connectivity index (χ1) is 16.8. The first-order valence-electron chi connectivity index (χ1n) is 11.1. The van der Waals surface area contributed by atoms with E-state index in [9.17, 15) is 13.2 Å². The SMILES string of the molecule is FC(F)(F)c1cc(N2CCc3ccccc3C2)nc(NC(=S)NCc2ccc3c(c2)OCCO3)n1. The van der Waals surface area contributed by atoms with E-state index in [0.29, 0.717) is 44.3 Å². The highest BCUT2D eigenvalue weighted by atomic mass is 32.1. The fraction of sp³-hybridized carbons (Fsp3) is 0.292. The zero-order valence-electron chi connectivity index (χ0n) is 18.6. The molecule has 0 aliphatic carbocycles. The molecular formula is C24H22F3N5O2S. The number of thiocarbonyl (C=S) groups is 1. The summed E-state index contributed by atoms with van der Waals surface area (Å²) in [6, 6.07) is 14.4. The third kappa shape index (κ3) is 5.40. The Bertz CT molecular complexity index is 1250. The summed E-state index contributed by atoms with van der Waals surface area (Å²) in [5, 5.41) is 5.78. The lowest BCUT2D eigenvalue weighted by molar-refractivity contribution is -0.141. The molecule has 0 amide bonds. The van der Waals surface area contributed by atoms with Crippen LogP contribution in [0.4, 0.5) is 24.9 Å². The van der Waals surface area contributed by atoms with Crippen molar-refractivity contribution in [1.29, 1.82) is 0 Å². The zero-order valence-corrected chi connectivity index (χ0v) is 19.4. The van der Waals surface area contributed by atoms with Gasteiger partial charge in [-0.2, -0.15) is 18.2 Å². The van der Waals surface area contributed by atoms with E-state index in [1.54, 1.807) is 6.07 Å². The van der Waals surface area contributed by atoms with E-state index in [2.05, 4.69) is 20.6 Å². The monoisotopic (exact) mass is 501 g/mol. The van der Waals surface area contributed by atoms with Gasteiger partial charge in [-0.3, -0.25) is 0 Å². The predicted octanol–water partition coefficient (Wildman–Crippen LogP) is 4.32. The van der Waals surface area contributed by atoms with Gasteiger partial charge in [0.1, 0.15) is 19.0 Å². The number of fused-ring (bicyclic) bond motifs is 2. The van der Waals surface area contributed by atoms with Crippen molar-refractivity contribution < 1.29 is 22.6 Å². The number of ether oxygens (including phenoxy) is 2. The second-order valence-corrected chi connectivity index (χ2v) is 8.57. The lowest BCUT2D eigenvalue weighted by Gasteiger charge is -2.30. The fourth-order valence-corrected chi connectivity index (χ4v) is 4.18. The van der Waals surface area contributed by atoms with Gasteiger partial charge in [-0.25, -0.2) is 4.98 Å². The van der Waals surface area contributed by atoms with Crippen LogP contribution >= 0.6 is 12.2 Å². The van der Waals surface area contributed by atoms with Crippen molar-refractivity contribution in [1.82, 2.24) is 15.3 Å². The van der Waals surface area contributed by atoms with Crippen molar-refractivity contribution in [2.75, 3.05) is 30.0 Å². The summed E-state index contributed by atoms with van der Waals surface area (Å²) in [7, 11) is 0. The summed E-state index contributed by atoms with van der Waals surface area (Å²) < 4.78 is 51.9. The first-order valence-corrected chi connectivity index (χ1v) is 11.5. The van der Waals surface area contributed by atoms with Crippen LogP contribution in [0.3, 0.4) is 0 Å². The number of nitrogens with zero attached hydrogens (tertiary/aromatic N) is 3. The van der Waals surface area contributed by atoms with Gasteiger partial charge >= 0.3 is 6.18 Å². The van der Waals surface area contributed by atoms with Crippen LogP contribution in [-0.2, 0) is 25.7 Å². The molecule has 0 spiro atoms. The van der Waals surface area contributed by atoms with E-state index >= 15 is 0 Å². The molecule has 11 heteroatoms. The molecule has 0 unspecified atom stereocenters. The van der Waals surface area contributed by atoms with E-state index in [4.69, 9.17) is 21.7 Å². The molecule has 0 saturated heterocycles. The molecule has 2 aromatic carbocycles. The average Bonchev–Trinajstić information content (AvgIpc) is 2.86. The van der Waals surface area contributed by atoms with Crippen molar-refractivity contribution in [3.8, 4) is 11.5 Å². The van der Waals surface area contributed by atoms with E-state index in [0.717, 1.165) is 23.6 Å². The standard InChI is InChI=1S/C24H22F3N5O2S/c25-24(26,27)20-12-21(32-8-7-16-3-1-2-4-17(16)14-32)30-22(29-20)31-23(35)28-13-15-5-6-18-19(11-15)34-10-9-33-18/h1-6,11-12H,7-10,13-14H2,(H2,28,29,30,31,35). The van der Waals surface area contributed by atoms with Crippen LogP contribution in [0.5, 0.6) is 11.5 Å². The molecular weight excluding hydrogens is 479 g/mol. The van der Waals surface area contributed by atoms with E-state index in [-0.39, 0.29) is 16.9 Å². The Labute approximate surface area is 205 Å². The van der Waals surface area contributed by atoms with Crippen LogP contribution in [0.1, 0.15) is 22.4 Å². The number of nitrogens with one attached hydrogen (secondary N) is 2. The topological polar surface area (TPSA) is 71.5 Å². The summed E-state index contributed by atoms with van der Waals surface area (Å²) in [5.41, 5.74) is 2.10. The van der Waals surface area contributed by atoms with Gasteiger partial charge in [0.05, 0.1) is 0 Å². The number of aromatic nitrogens is 2. The maximum atomic E-state index is 13.6. The van der Waals surface area contributed by atoms with Crippen molar-refractivity contribution in [2.24, 2.45) is 0 Å². The molecule has 35 heavy (non-hydrogen) atoms. The Hall–Kier alpha value is -3.60. The minimum atomic E-state index is -4.62. The zero-order chi connectivity index (χ0) is 24.4. The molecule has 0 atom stereocenters. The molecule has 2 aliphatic heterocycles. The van der Waals surface area contributed by atoms with Gasteiger partial charge in [-0.1, -0.05) is 30.3 Å². The van der Waals surface area contributed by atoms with Gasteiger partial charge in [0.15, 0.2) is 22.3 Å². The van der Waals surface area contributed by atoms with Gasteiger partial charge in [0, 0.05) is 25.7 Å². The van der Waals surface area contributed by atoms with Crippen molar-refractivity contribution >= 4 is 29.1 Å². The maximum Gasteiger partial charge on any atom is 0.433 e. The number of benzene rings is 2. The molecule has 5 rings (SSSR count). The smallest absolute Gasteiger partial charge is 0.433 e. The summed E-state index contributed by atoms with van der Waals surface area (Å²) >= 11 is 5.29. The van der Waals surface area contributed by atoms with Crippen molar-refractivity contribution in [3.63, 3.8) is 0 Å². The Morgan fingerprint density at radius 1 is 1.00 bits per heavy atom. The molecule has 0 radical (unpaired) electrons. The van der Waals surface area contributed by atoms with Crippen LogP contribution in [0.2, 0.25) is 0 Å². The normalized spacial score (nSPS) is 14.8. The number of alkyl halides is 3. The molecule has 0 bridgehead atoms. The lowest BCUT2D eigenvalue weighted by Crippen LogP contribution is -2.33. The summed E-state index contributed by atoms with van der Waals surface area (Å²) in [6.45, 7) is 2.33. The van der Waals surface area contributed by atoms with Gasteiger partial charge < -0.3 is 25.0 Å². The highest BCUT2D eigenvalue weighted by Gasteiger charge is 2.34. The van der Waals surface area contributed by atoms with Crippen LogP contribution in [-0.4, -0.2) is 34.8 Å². The molecule has 2 N–H and O–H groups in total. The van der Waals surface area contributed by atoms with Crippen LogP contribution in [0.15, 0.2) is 48.5 Å². The summed E-state index contributed by atoms with van der Waals surface area (Å²) in [6.07, 6.45) is -3.90. The quantitative estimate of drug-likeness (QED) is 0.513. The Balaban J connectivity index is 1.30. The number of anilines is 2. The molecule has 2 aliphatic rings. The first kappa shape index (κ1) is 23.2. The maximum absolute atomic E-state index is 13.6. The minimum absolute atomic E-state index is 0.106. The molecule has 3 aromatic rings. The predicted molar refractivity (Wildman–Crippen MR) is 129 cm³/mol. The highest BCUT2D eigenvalue weighted by Crippen LogP contribution is 2.33. The average molecular weight is 502 g/mol. The molecule has 0 saturated carbocycles. The van der Waals surface area contributed by atoms with Crippen LogP contribution in [0.25, 0.3) is 0 Å². The van der Waals surface area contributed by atoms with Gasteiger partial charge in [-0.05, 0) is 47.5 Å². The second kappa shape index (κ2) is 9.57. The largest absolute Gasteiger partial charge is 0.486 e. The van der Waals surface area contributed by atoms with Gasteiger partial charge in [0.25, 0.3) is 0 Å². The molecule has 3 heterocycles. The summed E-state index contributed by atoms with van der Waals surface area (Å²) in [5.74, 6) is 1.29. The van der Waals surface area contributed by atoms with Crippen LogP contribution in [0, 0.1) is 0 Å².